The van der Waals surface area contributed by atoms with E-state index >= 15 is 0 Å². The third kappa shape index (κ3) is 2.15. The first-order valence-electron chi connectivity index (χ1n) is 5.53. The van der Waals surface area contributed by atoms with Crippen molar-refractivity contribution in [2.24, 2.45) is 5.92 Å². The number of aliphatic hydroxyl groups excluding tert-OH is 2. The van der Waals surface area contributed by atoms with Crippen molar-refractivity contribution in [1.82, 2.24) is 9.97 Å². The molecule has 88 valence electrons. The average molecular weight is 223 g/mol. The fourth-order valence-electron chi connectivity index (χ4n) is 1.95. The third-order valence-corrected chi connectivity index (χ3v) is 3.07. The van der Waals surface area contributed by atoms with Gasteiger partial charge in [-0.25, -0.2) is 9.97 Å². The van der Waals surface area contributed by atoms with Crippen molar-refractivity contribution in [3.63, 3.8) is 0 Å². The number of aromatic nitrogens is 2. The molecule has 1 aliphatic rings. The van der Waals surface area contributed by atoms with Gasteiger partial charge in [-0.1, -0.05) is 0 Å². The minimum absolute atomic E-state index is 0.0224. The van der Waals surface area contributed by atoms with Crippen molar-refractivity contribution in [1.29, 1.82) is 0 Å². The quantitative estimate of drug-likeness (QED) is 0.760. The van der Waals surface area contributed by atoms with Crippen molar-refractivity contribution in [2.75, 3.05) is 24.6 Å². The first kappa shape index (κ1) is 11.3. The smallest absolute Gasteiger partial charge is 0.225 e. The Bertz CT molecular complexity index is 370. The highest BCUT2D eigenvalue weighted by Gasteiger charge is 2.23. The summed E-state index contributed by atoms with van der Waals surface area (Å²) in [6.07, 6.45) is 2.66. The van der Waals surface area contributed by atoms with E-state index in [9.17, 15) is 0 Å². The van der Waals surface area contributed by atoms with Crippen molar-refractivity contribution >= 4 is 5.95 Å². The molecule has 2 N–H and O–H groups in total. The van der Waals surface area contributed by atoms with E-state index in [-0.39, 0.29) is 13.2 Å². The van der Waals surface area contributed by atoms with Crippen molar-refractivity contribution in [3.8, 4) is 0 Å². The van der Waals surface area contributed by atoms with Crippen LogP contribution in [0.4, 0.5) is 5.95 Å². The molecule has 2 heterocycles. The van der Waals surface area contributed by atoms with Gasteiger partial charge in [-0.05, 0) is 13.3 Å². The third-order valence-electron chi connectivity index (χ3n) is 3.07. The van der Waals surface area contributed by atoms with Crippen molar-refractivity contribution in [3.05, 3.63) is 17.5 Å². The summed E-state index contributed by atoms with van der Waals surface area (Å²) < 4.78 is 0. The largest absolute Gasteiger partial charge is 0.396 e. The van der Waals surface area contributed by atoms with Crippen LogP contribution in [-0.4, -0.2) is 39.9 Å². The molecule has 1 aliphatic heterocycles. The predicted molar refractivity (Wildman–Crippen MR) is 60.1 cm³/mol. The van der Waals surface area contributed by atoms with Gasteiger partial charge in [0.05, 0.1) is 6.61 Å². The van der Waals surface area contributed by atoms with Gasteiger partial charge in [-0.15, -0.1) is 0 Å². The number of rotatable bonds is 3. The molecular formula is C11H17N3O2. The topological polar surface area (TPSA) is 69.5 Å². The molecule has 5 heteroatoms. The van der Waals surface area contributed by atoms with Crippen molar-refractivity contribution in [2.45, 2.75) is 20.0 Å². The molecule has 0 aliphatic carbocycles. The molecule has 0 amide bonds. The highest BCUT2D eigenvalue weighted by molar-refractivity contribution is 5.34. The molecule has 0 spiro atoms. The van der Waals surface area contributed by atoms with Gasteiger partial charge in [0.2, 0.25) is 5.95 Å². The Kier molecular flexibility index (Phi) is 3.36. The zero-order valence-electron chi connectivity index (χ0n) is 9.43. The molecule has 0 saturated carbocycles. The van der Waals surface area contributed by atoms with Gasteiger partial charge < -0.3 is 15.1 Å². The van der Waals surface area contributed by atoms with Crippen LogP contribution in [0, 0.1) is 12.8 Å². The Balaban J connectivity index is 2.13. The number of aryl methyl sites for hydroxylation is 1. The first-order valence-corrected chi connectivity index (χ1v) is 5.53. The second kappa shape index (κ2) is 4.76. The summed E-state index contributed by atoms with van der Waals surface area (Å²) in [5.41, 5.74) is 1.58. The van der Waals surface area contributed by atoms with Crippen LogP contribution in [0.5, 0.6) is 0 Å². The molecule has 1 saturated heterocycles. The molecular weight excluding hydrogens is 206 g/mol. The van der Waals surface area contributed by atoms with Gasteiger partial charge in [0, 0.05) is 43.1 Å². The zero-order chi connectivity index (χ0) is 11.5. The minimum Gasteiger partial charge on any atom is -0.396 e. The molecule has 0 aromatic carbocycles. The molecule has 1 atom stereocenters. The zero-order valence-corrected chi connectivity index (χ0v) is 9.43. The highest BCUT2D eigenvalue weighted by atomic mass is 16.3. The summed E-state index contributed by atoms with van der Waals surface area (Å²) >= 11 is 0. The van der Waals surface area contributed by atoms with E-state index in [1.807, 2.05) is 6.92 Å². The Morgan fingerprint density at radius 2 is 2.31 bits per heavy atom. The number of hydrogen-bond donors (Lipinski definition) is 2. The summed E-state index contributed by atoms with van der Waals surface area (Å²) in [6, 6.07) is 0. The molecule has 5 nitrogen and oxygen atoms in total. The van der Waals surface area contributed by atoms with Crippen LogP contribution >= 0.6 is 0 Å². The molecule has 0 bridgehead atoms. The lowest BCUT2D eigenvalue weighted by molar-refractivity contribution is 0.238. The summed E-state index contributed by atoms with van der Waals surface area (Å²) in [5, 5.41) is 18.1. The monoisotopic (exact) mass is 223 g/mol. The summed E-state index contributed by atoms with van der Waals surface area (Å²) in [7, 11) is 0. The molecule has 1 unspecified atom stereocenters. The van der Waals surface area contributed by atoms with E-state index in [1.54, 1.807) is 6.20 Å². The van der Waals surface area contributed by atoms with E-state index < -0.39 is 0 Å². The maximum Gasteiger partial charge on any atom is 0.225 e. The molecule has 16 heavy (non-hydrogen) atoms. The van der Waals surface area contributed by atoms with Gasteiger partial charge in [0.1, 0.15) is 0 Å². The maximum absolute atomic E-state index is 9.07. The van der Waals surface area contributed by atoms with E-state index in [2.05, 4.69) is 14.9 Å². The highest BCUT2D eigenvalue weighted by Crippen LogP contribution is 2.20. The maximum atomic E-state index is 9.07. The fraction of sp³-hybridized carbons (Fsp3) is 0.636. The van der Waals surface area contributed by atoms with Crippen LogP contribution in [0.25, 0.3) is 0 Å². The molecule has 2 rings (SSSR count). The Labute approximate surface area is 94.8 Å². The van der Waals surface area contributed by atoms with Gasteiger partial charge in [0.25, 0.3) is 0 Å². The minimum atomic E-state index is -0.0224. The van der Waals surface area contributed by atoms with Crippen LogP contribution < -0.4 is 4.90 Å². The second-order valence-corrected chi connectivity index (χ2v) is 4.22. The lowest BCUT2D eigenvalue weighted by Gasteiger charge is -2.16. The second-order valence-electron chi connectivity index (χ2n) is 4.22. The van der Waals surface area contributed by atoms with E-state index in [1.165, 1.54) is 0 Å². The lowest BCUT2D eigenvalue weighted by atomic mass is 10.1. The normalized spacial score (nSPS) is 20.4. The Hall–Kier alpha value is -1.20. The predicted octanol–water partition coefficient (Wildman–Crippen LogP) is 0.0959. The average Bonchev–Trinajstić information content (AvgIpc) is 2.77. The SMILES string of the molecule is Cc1nc(N2CCC(CO)C2)ncc1CO. The van der Waals surface area contributed by atoms with Crippen molar-refractivity contribution < 1.29 is 10.2 Å². The first-order chi connectivity index (χ1) is 7.74. The number of aliphatic hydroxyl groups is 2. The van der Waals surface area contributed by atoms with Crippen LogP contribution in [0.2, 0.25) is 0 Å². The molecule has 1 fully saturated rings. The molecule has 0 radical (unpaired) electrons. The van der Waals surface area contributed by atoms with Gasteiger partial charge in [-0.2, -0.15) is 0 Å². The standard InChI is InChI=1S/C11H17N3O2/c1-8-10(7-16)4-12-11(13-8)14-3-2-9(5-14)6-15/h4,9,15-16H,2-3,5-7H2,1H3. The van der Waals surface area contributed by atoms with Crippen LogP contribution in [0.1, 0.15) is 17.7 Å². The van der Waals surface area contributed by atoms with Gasteiger partial charge >= 0.3 is 0 Å². The molecule has 1 aromatic rings. The Morgan fingerprint density at radius 1 is 1.50 bits per heavy atom. The van der Waals surface area contributed by atoms with Gasteiger partial charge in [-0.3, -0.25) is 0 Å². The van der Waals surface area contributed by atoms with E-state index in [0.29, 0.717) is 11.9 Å². The summed E-state index contributed by atoms with van der Waals surface area (Å²) in [4.78, 5) is 10.7. The lowest BCUT2D eigenvalue weighted by Crippen LogP contribution is -2.23. The van der Waals surface area contributed by atoms with E-state index in [0.717, 1.165) is 30.8 Å². The van der Waals surface area contributed by atoms with Gasteiger partial charge in [0.15, 0.2) is 0 Å². The summed E-state index contributed by atoms with van der Waals surface area (Å²) in [5.74, 6) is 1.03. The fourth-order valence-corrected chi connectivity index (χ4v) is 1.95. The molecule has 1 aromatic heterocycles. The van der Waals surface area contributed by atoms with Crippen LogP contribution in [-0.2, 0) is 6.61 Å². The number of hydrogen-bond acceptors (Lipinski definition) is 5. The Morgan fingerprint density at radius 3 is 2.88 bits per heavy atom. The number of nitrogens with zero attached hydrogens (tertiary/aromatic N) is 3. The van der Waals surface area contributed by atoms with Crippen LogP contribution in [0.15, 0.2) is 6.20 Å². The van der Waals surface area contributed by atoms with E-state index in [4.69, 9.17) is 10.2 Å². The summed E-state index contributed by atoms with van der Waals surface area (Å²) in [6.45, 7) is 3.78. The van der Waals surface area contributed by atoms with Crippen LogP contribution in [0.3, 0.4) is 0 Å². The number of anilines is 1.